The molecule has 27 heavy (non-hydrogen) atoms. The van der Waals surface area contributed by atoms with E-state index < -0.39 is 0 Å². The molecule has 0 fully saturated rings. The van der Waals surface area contributed by atoms with E-state index in [0.717, 1.165) is 19.1 Å². The molecular weight excluding hydrogens is 328 g/mol. The highest BCUT2D eigenvalue weighted by molar-refractivity contribution is 5.14. The van der Waals surface area contributed by atoms with Crippen molar-refractivity contribution in [3.05, 3.63) is 35.9 Å². The van der Waals surface area contributed by atoms with Crippen molar-refractivity contribution in [3.8, 4) is 0 Å². The molecular formula is C26H46O. The zero-order valence-electron chi connectivity index (χ0n) is 18.4. The van der Waals surface area contributed by atoms with E-state index in [9.17, 15) is 0 Å². The van der Waals surface area contributed by atoms with E-state index in [4.69, 9.17) is 4.74 Å². The summed E-state index contributed by atoms with van der Waals surface area (Å²) in [6.45, 7) is 6.44. The molecule has 0 heterocycles. The van der Waals surface area contributed by atoms with Gasteiger partial charge in [0.2, 0.25) is 0 Å². The highest BCUT2D eigenvalue weighted by Crippen LogP contribution is 2.13. The summed E-state index contributed by atoms with van der Waals surface area (Å²) in [5, 5.41) is 0. The van der Waals surface area contributed by atoms with Crippen molar-refractivity contribution in [1.82, 2.24) is 0 Å². The minimum absolute atomic E-state index is 0.768. The first kappa shape index (κ1) is 24.2. The van der Waals surface area contributed by atoms with Crippen LogP contribution >= 0.6 is 0 Å². The lowest BCUT2D eigenvalue weighted by molar-refractivity contribution is 0.119. The molecule has 0 bridgehead atoms. The Labute approximate surface area is 170 Å². The number of benzene rings is 1. The molecule has 0 unspecified atom stereocenters. The molecule has 1 rings (SSSR count). The second-order valence-corrected chi connectivity index (χ2v) is 8.63. The van der Waals surface area contributed by atoms with Gasteiger partial charge in [-0.25, -0.2) is 0 Å². The summed E-state index contributed by atoms with van der Waals surface area (Å²) in [6.07, 6.45) is 20.7. The smallest absolute Gasteiger partial charge is 0.0468 e. The molecule has 0 aromatic heterocycles. The average Bonchev–Trinajstić information content (AvgIpc) is 2.67. The van der Waals surface area contributed by atoms with Crippen molar-refractivity contribution >= 4 is 0 Å². The van der Waals surface area contributed by atoms with Gasteiger partial charge in [-0.05, 0) is 37.2 Å². The predicted molar refractivity (Wildman–Crippen MR) is 120 cm³/mol. The molecule has 0 aliphatic rings. The number of rotatable bonds is 19. The van der Waals surface area contributed by atoms with Gasteiger partial charge in [-0.2, -0.15) is 0 Å². The maximum atomic E-state index is 5.67. The zero-order chi connectivity index (χ0) is 19.4. The maximum absolute atomic E-state index is 5.67. The normalized spacial score (nSPS) is 11.4. The van der Waals surface area contributed by atoms with Crippen molar-refractivity contribution in [1.29, 1.82) is 0 Å². The summed E-state index contributed by atoms with van der Waals surface area (Å²) in [5.41, 5.74) is 1.50. The molecule has 0 atom stereocenters. The van der Waals surface area contributed by atoms with E-state index in [1.54, 1.807) is 0 Å². The monoisotopic (exact) mass is 374 g/mol. The Kier molecular flexibility index (Phi) is 16.6. The fourth-order valence-electron chi connectivity index (χ4n) is 3.54. The topological polar surface area (TPSA) is 9.23 Å². The van der Waals surface area contributed by atoms with E-state index >= 15 is 0 Å². The van der Waals surface area contributed by atoms with Crippen molar-refractivity contribution in [2.45, 2.75) is 110 Å². The number of ether oxygens (including phenoxy) is 1. The molecule has 0 aliphatic heterocycles. The molecule has 1 aromatic rings. The van der Waals surface area contributed by atoms with Crippen molar-refractivity contribution in [2.75, 3.05) is 13.2 Å². The maximum Gasteiger partial charge on any atom is 0.0468 e. The van der Waals surface area contributed by atoms with Gasteiger partial charge in [-0.1, -0.05) is 115 Å². The summed E-state index contributed by atoms with van der Waals surface area (Å²) < 4.78 is 5.67. The Hall–Kier alpha value is -0.820. The summed E-state index contributed by atoms with van der Waals surface area (Å²) in [4.78, 5) is 0. The van der Waals surface area contributed by atoms with Gasteiger partial charge in [0.15, 0.2) is 0 Å². The van der Waals surface area contributed by atoms with Gasteiger partial charge in [-0.15, -0.1) is 0 Å². The van der Waals surface area contributed by atoms with Gasteiger partial charge in [-0.3, -0.25) is 0 Å². The molecule has 1 aromatic carbocycles. The van der Waals surface area contributed by atoms with Crippen LogP contribution in [0.1, 0.15) is 109 Å². The fraction of sp³-hybridized carbons (Fsp3) is 0.769. The lowest BCUT2D eigenvalue weighted by Crippen LogP contribution is -2.00. The van der Waals surface area contributed by atoms with Crippen LogP contribution in [0.5, 0.6) is 0 Å². The minimum Gasteiger partial charge on any atom is -0.381 e. The number of aryl methyl sites for hydroxylation is 1. The van der Waals surface area contributed by atoms with Crippen molar-refractivity contribution < 1.29 is 4.74 Å². The molecule has 0 saturated carbocycles. The van der Waals surface area contributed by atoms with Gasteiger partial charge >= 0.3 is 0 Å². The van der Waals surface area contributed by atoms with Crippen LogP contribution in [0.2, 0.25) is 0 Å². The Morgan fingerprint density at radius 3 is 1.59 bits per heavy atom. The van der Waals surface area contributed by atoms with Crippen LogP contribution in [0.4, 0.5) is 0 Å². The second kappa shape index (κ2) is 18.5. The summed E-state index contributed by atoms with van der Waals surface area (Å²) in [5.74, 6) is 0.768. The number of hydrogen-bond donors (Lipinski definition) is 0. The first-order valence-corrected chi connectivity index (χ1v) is 11.9. The standard InChI is InChI=1S/C26H46O/c1-25(2)22-24-27-23-18-13-11-9-7-5-3-4-6-8-10-12-15-19-26-20-16-14-17-21-26/h14,16-17,20-21,25H,3-13,15,18-19,22-24H2,1-2H3. The van der Waals surface area contributed by atoms with Crippen molar-refractivity contribution in [2.24, 2.45) is 5.92 Å². The number of hydrogen-bond acceptors (Lipinski definition) is 1. The third kappa shape index (κ3) is 17.0. The van der Waals surface area contributed by atoms with Crippen LogP contribution in [0, 0.1) is 5.92 Å². The average molecular weight is 375 g/mol. The van der Waals surface area contributed by atoms with E-state index in [0.29, 0.717) is 0 Å². The third-order valence-electron chi connectivity index (χ3n) is 5.44. The lowest BCUT2D eigenvalue weighted by Gasteiger charge is -2.06. The molecule has 1 heteroatoms. The van der Waals surface area contributed by atoms with Gasteiger partial charge in [0, 0.05) is 13.2 Å². The molecule has 0 radical (unpaired) electrons. The molecule has 0 N–H and O–H groups in total. The fourth-order valence-corrected chi connectivity index (χ4v) is 3.54. The molecule has 0 spiro atoms. The van der Waals surface area contributed by atoms with Crippen molar-refractivity contribution in [3.63, 3.8) is 0 Å². The van der Waals surface area contributed by atoms with Crippen LogP contribution in [0.25, 0.3) is 0 Å². The summed E-state index contributed by atoms with van der Waals surface area (Å²) in [6, 6.07) is 10.9. The largest absolute Gasteiger partial charge is 0.381 e. The molecule has 0 amide bonds. The van der Waals surface area contributed by atoms with Gasteiger partial charge < -0.3 is 4.74 Å². The third-order valence-corrected chi connectivity index (χ3v) is 5.44. The summed E-state index contributed by atoms with van der Waals surface area (Å²) >= 11 is 0. The SMILES string of the molecule is CC(C)CCOCCCCCCCCCCCCCCCc1ccccc1. The Morgan fingerprint density at radius 1 is 0.593 bits per heavy atom. The second-order valence-electron chi connectivity index (χ2n) is 8.63. The predicted octanol–water partition coefficient (Wildman–Crippen LogP) is 8.36. The first-order chi connectivity index (χ1) is 13.3. The number of unbranched alkanes of at least 4 members (excludes halogenated alkanes) is 12. The summed E-state index contributed by atoms with van der Waals surface area (Å²) in [7, 11) is 0. The molecule has 0 saturated heterocycles. The van der Waals surface area contributed by atoms with E-state index in [1.165, 1.54) is 102 Å². The molecule has 0 aliphatic carbocycles. The van der Waals surface area contributed by atoms with Gasteiger partial charge in [0.1, 0.15) is 0 Å². The zero-order valence-corrected chi connectivity index (χ0v) is 18.4. The highest BCUT2D eigenvalue weighted by atomic mass is 16.5. The quantitative estimate of drug-likeness (QED) is 0.221. The Balaban J connectivity index is 1.69. The van der Waals surface area contributed by atoms with Crippen LogP contribution in [0.3, 0.4) is 0 Å². The lowest BCUT2D eigenvalue weighted by atomic mass is 10.0. The van der Waals surface area contributed by atoms with Gasteiger partial charge in [0.05, 0.1) is 0 Å². The highest BCUT2D eigenvalue weighted by Gasteiger charge is 1.96. The van der Waals surface area contributed by atoms with E-state index in [1.807, 2.05) is 0 Å². The van der Waals surface area contributed by atoms with Crippen LogP contribution in [0.15, 0.2) is 30.3 Å². The Bertz CT molecular complexity index is 398. The molecule has 156 valence electrons. The van der Waals surface area contributed by atoms with Crippen LogP contribution in [-0.4, -0.2) is 13.2 Å². The van der Waals surface area contributed by atoms with Crippen LogP contribution < -0.4 is 0 Å². The van der Waals surface area contributed by atoms with E-state index in [2.05, 4.69) is 44.2 Å². The first-order valence-electron chi connectivity index (χ1n) is 11.9. The van der Waals surface area contributed by atoms with Gasteiger partial charge in [0.25, 0.3) is 0 Å². The Morgan fingerprint density at radius 2 is 1.07 bits per heavy atom. The molecule has 1 nitrogen and oxygen atoms in total. The van der Waals surface area contributed by atoms with E-state index in [-0.39, 0.29) is 0 Å². The van der Waals surface area contributed by atoms with Crippen LogP contribution in [-0.2, 0) is 11.2 Å². The minimum atomic E-state index is 0.768.